The van der Waals surface area contributed by atoms with Gasteiger partial charge in [-0.2, -0.15) is 0 Å². The fourth-order valence-electron chi connectivity index (χ4n) is 2.20. The van der Waals surface area contributed by atoms with Crippen LogP contribution in [0.5, 0.6) is 0 Å². The smallest absolute Gasteiger partial charge is 0.0558 e. The highest BCUT2D eigenvalue weighted by atomic mass is 16.3. The molecule has 2 saturated heterocycles. The van der Waals surface area contributed by atoms with Crippen LogP contribution in [-0.2, 0) is 0 Å². The Morgan fingerprint density at radius 1 is 1.45 bits per heavy atom. The lowest BCUT2D eigenvalue weighted by Crippen LogP contribution is -2.52. The van der Waals surface area contributed by atoms with E-state index < -0.39 is 6.52 Å². The molecule has 2 aliphatic rings. The van der Waals surface area contributed by atoms with Crippen molar-refractivity contribution in [2.75, 3.05) is 26.2 Å². The maximum atomic E-state index is 8.90. The van der Waals surface area contributed by atoms with E-state index in [9.17, 15) is 0 Å². The molecule has 0 saturated carbocycles. The molecule has 0 radical (unpaired) electrons. The van der Waals surface area contributed by atoms with Crippen molar-refractivity contribution in [2.45, 2.75) is 24.9 Å². The highest BCUT2D eigenvalue weighted by Gasteiger charge is 2.35. The van der Waals surface area contributed by atoms with Gasteiger partial charge in [-0.15, -0.1) is 0 Å². The van der Waals surface area contributed by atoms with Crippen LogP contribution in [0.1, 0.15) is 14.2 Å². The molecule has 2 aliphatic heterocycles. The third kappa shape index (κ3) is 1.28. The van der Waals surface area contributed by atoms with Crippen LogP contribution in [0.15, 0.2) is 0 Å². The lowest BCUT2D eigenvalue weighted by molar-refractivity contribution is 0.120. The monoisotopic (exact) mass is 157 g/mol. The van der Waals surface area contributed by atoms with Gasteiger partial charge >= 0.3 is 0 Å². The fourth-order valence-corrected chi connectivity index (χ4v) is 2.20. The molecule has 2 heterocycles. The molecule has 0 aromatic rings. The topological polar surface area (TPSA) is 35.5 Å². The van der Waals surface area contributed by atoms with Gasteiger partial charge in [-0.3, -0.25) is 4.90 Å². The number of hydrogen-bond donors (Lipinski definition) is 2. The third-order valence-corrected chi connectivity index (χ3v) is 2.73. The van der Waals surface area contributed by atoms with E-state index in [2.05, 4.69) is 10.2 Å². The zero-order valence-electron chi connectivity index (χ0n) is 7.66. The molecule has 0 spiro atoms. The summed E-state index contributed by atoms with van der Waals surface area (Å²) >= 11 is 0. The van der Waals surface area contributed by atoms with E-state index in [4.69, 9.17) is 6.48 Å². The number of aliphatic hydroxyl groups is 1. The average Bonchev–Trinajstić information content (AvgIpc) is 2.35. The maximum absolute atomic E-state index is 8.90. The van der Waals surface area contributed by atoms with Crippen LogP contribution in [0.4, 0.5) is 0 Å². The number of hydrogen-bond acceptors (Lipinski definition) is 3. The molecule has 3 nitrogen and oxygen atoms in total. The van der Waals surface area contributed by atoms with E-state index >= 15 is 0 Å². The summed E-state index contributed by atoms with van der Waals surface area (Å²) in [7, 11) is 0. The Kier molecular flexibility index (Phi) is 1.80. The molecule has 2 bridgehead atoms. The molecular weight excluding hydrogens is 140 g/mol. The van der Waals surface area contributed by atoms with Gasteiger partial charge in [0.05, 0.1) is 6.61 Å². The molecule has 2 rings (SSSR count). The summed E-state index contributed by atoms with van der Waals surface area (Å²) in [5, 5.41) is 12.2. The lowest BCUT2D eigenvalue weighted by Gasteiger charge is -2.34. The minimum absolute atomic E-state index is 0.0347. The Hall–Kier alpha value is -0.120. The van der Waals surface area contributed by atoms with E-state index in [0.717, 1.165) is 13.1 Å². The Balaban J connectivity index is 2.05. The van der Waals surface area contributed by atoms with Crippen LogP contribution in [0, 0.1) is 0 Å². The van der Waals surface area contributed by atoms with Crippen molar-refractivity contribution in [3.8, 4) is 0 Å². The number of nitrogens with zero attached hydrogens (tertiary/aromatic N) is 1. The van der Waals surface area contributed by atoms with Crippen molar-refractivity contribution in [3.05, 3.63) is 0 Å². The molecule has 3 heteroatoms. The van der Waals surface area contributed by atoms with Crippen molar-refractivity contribution in [3.63, 3.8) is 0 Å². The minimum Gasteiger partial charge on any atom is -0.395 e. The van der Waals surface area contributed by atoms with Gasteiger partial charge in [0.1, 0.15) is 0 Å². The van der Waals surface area contributed by atoms with Crippen LogP contribution in [-0.4, -0.2) is 48.3 Å². The summed E-state index contributed by atoms with van der Waals surface area (Å²) in [6, 6.07) is 0.997. The van der Waals surface area contributed by atoms with Crippen molar-refractivity contribution in [1.82, 2.24) is 10.2 Å². The first-order valence-corrected chi connectivity index (χ1v) is 4.34. The highest BCUT2D eigenvalue weighted by Crippen LogP contribution is 2.25. The molecule has 0 aromatic heterocycles. The molecule has 2 fully saturated rings. The minimum atomic E-state index is -0.399. The fraction of sp³-hybridized carbons (Fsp3) is 1.00. The average molecular weight is 157 g/mol. The first-order chi connectivity index (χ1) is 5.83. The van der Waals surface area contributed by atoms with E-state index in [1.165, 1.54) is 12.8 Å². The number of rotatable bonds is 2. The first kappa shape index (κ1) is 6.40. The molecule has 64 valence electrons. The van der Waals surface area contributed by atoms with Gasteiger partial charge in [-0.05, 0) is 12.8 Å². The van der Waals surface area contributed by atoms with Crippen LogP contribution in [0.2, 0.25) is 0 Å². The summed E-state index contributed by atoms with van der Waals surface area (Å²) in [5.74, 6) is 0. The van der Waals surface area contributed by atoms with E-state index in [1.807, 2.05) is 0 Å². The van der Waals surface area contributed by atoms with Gasteiger partial charge in [-0.1, -0.05) is 0 Å². The number of fused-ring (bicyclic) bond motifs is 2. The number of nitrogens with one attached hydrogen (secondary N) is 1. The van der Waals surface area contributed by atoms with Crippen molar-refractivity contribution in [2.24, 2.45) is 0 Å². The predicted molar refractivity (Wildman–Crippen MR) is 43.5 cm³/mol. The van der Waals surface area contributed by atoms with Crippen LogP contribution in [0.25, 0.3) is 0 Å². The second-order valence-corrected chi connectivity index (χ2v) is 3.36. The van der Waals surface area contributed by atoms with Crippen LogP contribution in [0.3, 0.4) is 0 Å². The van der Waals surface area contributed by atoms with E-state index in [0.29, 0.717) is 12.1 Å². The summed E-state index contributed by atoms with van der Waals surface area (Å²) in [5.41, 5.74) is 0. The molecular formula is C8H16N2O. The number of piperazine rings is 1. The summed E-state index contributed by atoms with van der Waals surface area (Å²) in [6.45, 7) is 1.55. The van der Waals surface area contributed by atoms with Crippen molar-refractivity contribution in [1.29, 1.82) is 0 Å². The maximum Gasteiger partial charge on any atom is 0.0558 e. The largest absolute Gasteiger partial charge is 0.395 e. The molecule has 2 N–H and O–H groups in total. The Morgan fingerprint density at radius 2 is 2.09 bits per heavy atom. The highest BCUT2D eigenvalue weighted by molar-refractivity contribution is 4.93. The Bertz CT molecular complexity index is 151. The lowest BCUT2D eigenvalue weighted by atomic mass is 10.2. The van der Waals surface area contributed by atoms with Gasteiger partial charge in [-0.25, -0.2) is 0 Å². The first-order valence-electron chi connectivity index (χ1n) is 4.92. The zero-order chi connectivity index (χ0) is 8.55. The summed E-state index contributed by atoms with van der Waals surface area (Å²) in [6.07, 6.45) is 2.38. The van der Waals surface area contributed by atoms with Crippen LogP contribution >= 0.6 is 0 Å². The standard InChI is InChI=1S/C8H16N2O/c11-4-3-10-7-1-2-8(10)6-9-5-7/h7-9,11H,1-6H2/i3D. The molecule has 0 aromatic carbocycles. The molecule has 11 heavy (non-hydrogen) atoms. The van der Waals surface area contributed by atoms with Crippen LogP contribution < -0.4 is 5.32 Å². The molecule has 0 aliphatic carbocycles. The van der Waals surface area contributed by atoms with Gasteiger partial charge in [0.2, 0.25) is 0 Å². The van der Waals surface area contributed by atoms with Crippen molar-refractivity contribution < 1.29 is 6.48 Å². The van der Waals surface area contributed by atoms with Gasteiger partial charge < -0.3 is 10.4 Å². The zero-order valence-corrected chi connectivity index (χ0v) is 6.66. The Labute approximate surface area is 68.8 Å². The molecule has 3 atom stereocenters. The SMILES string of the molecule is [2H]C(CO)N1C2CCC1CNC2. The summed E-state index contributed by atoms with van der Waals surface area (Å²) < 4.78 is 7.66. The van der Waals surface area contributed by atoms with E-state index in [1.54, 1.807) is 0 Å². The third-order valence-electron chi connectivity index (χ3n) is 2.73. The Morgan fingerprint density at radius 3 is 2.64 bits per heavy atom. The van der Waals surface area contributed by atoms with Gasteiger partial charge in [0.25, 0.3) is 0 Å². The summed E-state index contributed by atoms with van der Waals surface area (Å²) in [4.78, 5) is 2.16. The molecule has 0 amide bonds. The van der Waals surface area contributed by atoms with E-state index in [-0.39, 0.29) is 6.61 Å². The van der Waals surface area contributed by atoms with Gasteiger partial charge in [0.15, 0.2) is 0 Å². The predicted octanol–water partition coefficient (Wildman–Crippen LogP) is -0.585. The second kappa shape index (κ2) is 3.09. The normalized spacial score (nSPS) is 42.1. The second-order valence-electron chi connectivity index (χ2n) is 3.36. The quantitative estimate of drug-likeness (QED) is 0.562. The molecule has 3 unspecified atom stereocenters. The van der Waals surface area contributed by atoms with Crippen molar-refractivity contribution >= 4 is 0 Å². The number of aliphatic hydroxyl groups excluding tert-OH is 1. The van der Waals surface area contributed by atoms with Gasteiger partial charge in [0, 0.05) is 33.1 Å².